The molecule has 0 aliphatic carbocycles. The van der Waals surface area contributed by atoms with Crippen molar-refractivity contribution in [2.75, 3.05) is 6.54 Å². The second-order valence-corrected chi connectivity index (χ2v) is 5.92. The van der Waals surface area contributed by atoms with Gasteiger partial charge in [-0.2, -0.15) is 0 Å². The third-order valence-electron chi connectivity index (χ3n) is 4.28. The van der Waals surface area contributed by atoms with E-state index in [1.165, 1.54) is 5.56 Å². The van der Waals surface area contributed by atoms with Crippen molar-refractivity contribution >= 4 is 5.91 Å². The fourth-order valence-corrected chi connectivity index (χ4v) is 3.21. The molecule has 0 saturated carbocycles. The van der Waals surface area contributed by atoms with E-state index in [1.807, 2.05) is 29.2 Å². The Morgan fingerprint density at radius 3 is 2.64 bits per heavy atom. The molecule has 0 aromatic heterocycles. The van der Waals surface area contributed by atoms with Crippen molar-refractivity contribution in [2.45, 2.75) is 31.7 Å². The van der Waals surface area contributed by atoms with Crippen LogP contribution in [0.5, 0.6) is 5.75 Å². The van der Waals surface area contributed by atoms with E-state index < -0.39 is 0 Å². The van der Waals surface area contributed by atoms with E-state index in [1.54, 1.807) is 18.2 Å². The van der Waals surface area contributed by atoms with Gasteiger partial charge in [0.15, 0.2) is 0 Å². The van der Waals surface area contributed by atoms with Crippen molar-refractivity contribution < 1.29 is 9.90 Å². The molecule has 1 atom stereocenters. The highest BCUT2D eigenvalue weighted by atomic mass is 16.3. The highest BCUT2D eigenvalue weighted by Crippen LogP contribution is 2.22. The highest BCUT2D eigenvalue weighted by molar-refractivity contribution is 5.79. The Morgan fingerprint density at radius 1 is 1.09 bits per heavy atom. The number of phenols is 1. The summed E-state index contributed by atoms with van der Waals surface area (Å²) < 4.78 is 0. The van der Waals surface area contributed by atoms with Crippen molar-refractivity contribution in [2.24, 2.45) is 0 Å². The quantitative estimate of drug-likeness (QED) is 0.941. The van der Waals surface area contributed by atoms with Crippen LogP contribution in [0.15, 0.2) is 54.6 Å². The third-order valence-corrected chi connectivity index (χ3v) is 4.28. The molecule has 0 radical (unpaired) electrons. The van der Waals surface area contributed by atoms with Crippen LogP contribution in [0.25, 0.3) is 0 Å². The first-order valence-electron chi connectivity index (χ1n) is 7.83. The van der Waals surface area contributed by atoms with Crippen LogP contribution in [0.3, 0.4) is 0 Å². The largest absolute Gasteiger partial charge is 0.508 e. The van der Waals surface area contributed by atoms with Gasteiger partial charge in [0.1, 0.15) is 5.75 Å². The van der Waals surface area contributed by atoms with Crippen LogP contribution < -0.4 is 0 Å². The van der Waals surface area contributed by atoms with Crippen molar-refractivity contribution in [3.05, 3.63) is 65.7 Å². The monoisotopic (exact) mass is 295 g/mol. The molecule has 0 spiro atoms. The summed E-state index contributed by atoms with van der Waals surface area (Å²) >= 11 is 0. The molecule has 1 amide bonds. The van der Waals surface area contributed by atoms with Crippen molar-refractivity contribution in [1.82, 2.24) is 4.90 Å². The van der Waals surface area contributed by atoms with Crippen LogP contribution >= 0.6 is 0 Å². The van der Waals surface area contributed by atoms with Crippen LogP contribution in [-0.2, 0) is 17.6 Å². The molecule has 3 nitrogen and oxygen atoms in total. The van der Waals surface area contributed by atoms with Gasteiger partial charge < -0.3 is 10.0 Å². The molecule has 1 unspecified atom stereocenters. The molecule has 1 saturated heterocycles. The van der Waals surface area contributed by atoms with E-state index in [0.717, 1.165) is 31.4 Å². The second-order valence-electron chi connectivity index (χ2n) is 5.92. The number of rotatable bonds is 4. The number of hydrogen-bond donors (Lipinski definition) is 1. The molecule has 1 N–H and O–H groups in total. The van der Waals surface area contributed by atoms with Gasteiger partial charge in [-0.25, -0.2) is 0 Å². The lowest BCUT2D eigenvalue weighted by Crippen LogP contribution is -2.37. The molecule has 0 bridgehead atoms. The Bertz CT molecular complexity index is 639. The van der Waals surface area contributed by atoms with Crippen LogP contribution in [0.2, 0.25) is 0 Å². The maximum absolute atomic E-state index is 12.6. The minimum Gasteiger partial charge on any atom is -0.508 e. The van der Waals surface area contributed by atoms with E-state index in [-0.39, 0.29) is 11.7 Å². The Hall–Kier alpha value is -2.29. The molecule has 2 aromatic rings. The zero-order chi connectivity index (χ0) is 15.4. The van der Waals surface area contributed by atoms with Gasteiger partial charge in [-0.1, -0.05) is 42.5 Å². The second kappa shape index (κ2) is 6.65. The van der Waals surface area contributed by atoms with Crippen LogP contribution in [0, 0.1) is 0 Å². The molecule has 3 rings (SSSR count). The smallest absolute Gasteiger partial charge is 0.227 e. The average Bonchev–Trinajstić information content (AvgIpc) is 2.96. The van der Waals surface area contributed by atoms with Crippen LogP contribution in [0.4, 0.5) is 0 Å². The lowest BCUT2D eigenvalue weighted by molar-refractivity contribution is -0.131. The molecule has 3 heteroatoms. The molecule has 1 heterocycles. The predicted molar refractivity (Wildman–Crippen MR) is 86.7 cm³/mol. The predicted octanol–water partition coefficient (Wildman–Crippen LogP) is 3.17. The summed E-state index contributed by atoms with van der Waals surface area (Å²) in [5, 5.41) is 9.51. The first-order chi connectivity index (χ1) is 10.7. The molecule has 2 aromatic carbocycles. The number of phenolic OH excluding ortho intramolecular Hbond substituents is 1. The van der Waals surface area contributed by atoms with Gasteiger partial charge in [0.05, 0.1) is 6.42 Å². The topological polar surface area (TPSA) is 40.5 Å². The maximum atomic E-state index is 12.6. The summed E-state index contributed by atoms with van der Waals surface area (Å²) in [5.41, 5.74) is 2.15. The highest BCUT2D eigenvalue weighted by Gasteiger charge is 2.28. The zero-order valence-corrected chi connectivity index (χ0v) is 12.6. The van der Waals surface area contributed by atoms with E-state index >= 15 is 0 Å². The molecule has 1 aliphatic rings. The number of carbonyl (C=O) groups excluding carboxylic acids is 1. The van der Waals surface area contributed by atoms with Gasteiger partial charge in [0.2, 0.25) is 5.91 Å². The molecule has 114 valence electrons. The van der Waals surface area contributed by atoms with Crippen molar-refractivity contribution in [3.8, 4) is 5.75 Å². The van der Waals surface area contributed by atoms with Crippen LogP contribution in [-0.4, -0.2) is 28.5 Å². The van der Waals surface area contributed by atoms with E-state index in [4.69, 9.17) is 0 Å². The third kappa shape index (κ3) is 3.48. The number of likely N-dealkylation sites (tertiary alicyclic amines) is 1. The first-order valence-corrected chi connectivity index (χ1v) is 7.83. The Morgan fingerprint density at radius 2 is 1.86 bits per heavy atom. The lowest BCUT2D eigenvalue weighted by atomic mass is 10.0. The molecule has 22 heavy (non-hydrogen) atoms. The summed E-state index contributed by atoms with van der Waals surface area (Å²) in [4.78, 5) is 14.6. The lowest BCUT2D eigenvalue weighted by Gasteiger charge is -2.25. The Labute approximate surface area is 131 Å². The number of aromatic hydroxyl groups is 1. The van der Waals surface area contributed by atoms with Gasteiger partial charge in [0, 0.05) is 12.6 Å². The van der Waals surface area contributed by atoms with Gasteiger partial charge in [-0.05, 0) is 42.5 Å². The van der Waals surface area contributed by atoms with Gasteiger partial charge >= 0.3 is 0 Å². The number of hydrogen-bond acceptors (Lipinski definition) is 2. The molecular formula is C19H21NO2. The summed E-state index contributed by atoms with van der Waals surface area (Å²) in [5.74, 6) is 0.372. The number of benzene rings is 2. The minimum atomic E-state index is 0.157. The van der Waals surface area contributed by atoms with E-state index in [9.17, 15) is 9.90 Å². The molecule has 1 fully saturated rings. The maximum Gasteiger partial charge on any atom is 0.227 e. The fourth-order valence-electron chi connectivity index (χ4n) is 3.21. The minimum absolute atomic E-state index is 0.157. The Kier molecular flexibility index (Phi) is 4.42. The number of nitrogens with zero attached hydrogens (tertiary/aromatic N) is 1. The van der Waals surface area contributed by atoms with E-state index in [2.05, 4.69) is 12.1 Å². The first kappa shape index (κ1) is 14.6. The number of carbonyl (C=O) groups is 1. The van der Waals surface area contributed by atoms with Gasteiger partial charge in [0.25, 0.3) is 0 Å². The summed E-state index contributed by atoms with van der Waals surface area (Å²) in [6.45, 7) is 0.842. The fraction of sp³-hybridized carbons (Fsp3) is 0.316. The van der Waals surface area contributed by atoms with Gasteiger partial charge in [-0.3, -0.25) is 4.79 Å². The van der Waals surface area contributed by atoms with Crippen molar-refractivity contribution in [1.29, 1.82) is 0 Å². The summed E-state index contributed by atoms with van der Waals surface area (Å²) in [6.07, 6.45) is 3.43. The standard InChI is InChI=1S/C19H21NO2/c21-18-10-4-8-16(13-18)14-19(22)20-11-5-9-17(20)12-15-6-2-1-3-7-15/h1-4,6-8,10,13,17,21H,5,9,11-12,14H2. The normalized spacial score (nSPS) is 17.6. The van der Waals surface area contributed by atoms with Gasteiger partial charge in [-0.15, -0.1) is 0 Å². The SMILES string of the molecule is O=C(Cc1cccc(O)c1)N1CCCC1Cc1ccccc1. The summed E-state index contributed by atoms with van der Waals surface area (Å²) in [6, 6.07) is 17.6. The number of amides is 1. The summed E-state index contributed by atoms with van der Waals surface area (Å²) in [7, 11) is 0. The van der Waals surface area contributed by atoms with Crippen LogP contribution in [0.1, 0.15) is 24.0 Å². The Balaban J connectivity index is 1.66. The van der Waals surface area contributed by atoms with Crippen molar-refractivity contribution in [3.63, 3.8) is 0 Å². The molecule has 1 aliphatic heterocycles. The van der Waals surface area contributed by atoms with E-state index in [0.29, 0.717) is 12.5 Å². The zero-order valence-electron chi connectivity index (χ0n) is 12.6. The molecular weight excluding hydrogens is 274 g/mol. The average molecular weight is 295 g/mol.